The lowest BCUT2D eigenvalue weighted by Gasteiger charge is -2.16. The Labute approximate surface area is 118 Å². The summed E-state index contributed by atoms with van der Waals surface area (Å²) < 4.78 is 24.4. The molecular formula is C13H14BrF2NO2. The summed E-state index contributed by atoms with van der Waals surface area (Å²) in [5.74, 6) is -1.72. The second-order valence-electron chi connectivity index (χ2n) is 3.99. The Morgan fingerprint density at radius 1 is 1.21 bits per heavy atom. The Hall–Kier alpha value is -1.30. The number of alkyl halides is 3. The summed E-state index contributed by atoms with van der Waals surface area (Å²) in [6.45, 7) is 0. The molecule has 0 saturated carbocycles. The maximum absolute atomic E-state index is 12.2. The zero-order valence-corrected chi connectivity index (χ0v) is 11.7. The van der Waals surface area contributed by atoms with Crippen LogP contribution >= 0.6 is 15.9 Å². The van der Waals surface area contributed by atoms with E-state index in [1.54, 1.807) is 0 Å². The third-order valence-corrected chi connectivity index (χ3v) is 3.15. The van der Waals surface area contributed by atoms with Gasteiger partial charge in [0.2, 0.25) is 0 Å². The van der Waals surface area contributed by atoms with Gasteiger partial charge in [0.05, 0.1) is 11.4 Å². The molecule has 6 heteroatoms. The topological polar surface area (TPSA) is 46.2 Å². The van der Waals surface area contributed by atoms with Crippen LogP contribution in [0.15, 0.2) is 30.3 Å². The molecule has 104 valence electrons. The summed E-state index contributed by atoms with van der Waals surface area (Å²) in [4.78, 5) is 22.5. The van der Waals surface area contributed by atoms with E-state index in [0.717, 1.165) is 5.56 Å². The first-order chi connectivity index (χ1) is 9.04. The lowest BCUT2D eigenvalue weighted by atomic mass is 10.0. The van der Waals surface area contributed by atoms with Crippen LogP contribution in [0.5, 0.6) is 0 Å². The Balaban J connectivity index is 2.60. The van der Waals surface area contributed by atoms with Crippen LogP contribution in [0.3, 0.4) is 0 Å². The molecule has 0 aliphatic rings. The summed E-state index contributed by atoms with van der Waals surface area (Å²) in [6, 6.07) is 8.45. The van der Waals surface area contributed by atoms with Crippen molar-refractivity contribution in [2.45, 2.75) is 25.3 Å². The predicted molar refractivity (Wildman–Crippen MR) is 71.5 cm³/mol. The van der Waals surface area contributed by atoms with Crippen LogP contribution in [-0.2, 0) is 16.0 Å². The number of halogens is 3. The Morgan fingerprint density at radius 3 is 2.37 bits per heavy atom. The number of hydrogen-bond donors (Lipinski definition) is 1. The van der Waals surface area contributed by atoms with Gasteiger partial charge in [-0.15, -0.1) is 0 Å². The van der Waals surface area contributed by atoms with Gasteiger partial charge in [-0.05, 0) is 18.4 Å². The van der Waals surface area contributed by atoms with Gasteiger partial charge in [0.15, 0.2) is 5.78 Å². The van der Waals surface area contributed by atoms with Crippen LogP contribution in [0.25, 0.3) is 0 Å². The molecule has 1 aromatic carbocycles. The highest BCUT2D eigenvalue weighted by atomic mass is 79.9. The smallest absolute Gasteiger partial charge is 0.315 e. The molecule has 0 fully saturated rings. The predicted octanol–water partition coefficient (Wildman–Crippen LogP) is 2.33. The van der Waals surface area contributed by atoms with Crippen LogP contribution in [0, 0.1) is 0 Å². The van der Waals surface area contributed by atoms with Gasteiger partial charge in [-0.3, -0.25) is 9.59 Å². The van der Waals surface area contributed by atoms with Crippen molar-refractivity contribution in [3.63, 3.8) is 0 Å². The van der Waals surface area contributed by atoms with Crippen molar-refractivity contribution in [2.24, 2.45) is 0 Å². The van der Waals surface area contributed by atoms with Crippen molar-refractivity contribution in [2.75, 3.05) is 5.33 Å². The molecule has 0 aliphatic heterocycles. The minimum atomic E-state index is -3.11. The van der Waals surface area contributed by atoms with Gasteiger partial charge < -0.3 is 5.32 Å². The molecule has 19 heavy (non-hydrogen) atoms. The maximum Gasteiger partial charge on any atom is 0.315 e. The third-order valence-electron chi connectivity index (χ3n) is 2.60. The van der Waals surface area contributed by atoms with Gasteiger partial charge in [0.1, 0.15) is 0 Å². The molecule has 3 nitrogen and oxygen atoms in total. The number of nitrogens with one attached hydrogen (secondary N) is 1. The largest absolute Gasteiger partial charge is 0.341 e. The monoisotopic (exact) mass is 333 g/mol. The van der Waals surface area contributed by atoms with Crippen molar-refractivity contribution in [1.82, 2.24) is 5.32 Å². The van der Waals surface area contributed by atoms with E-state index in [9.17, 15) is 18.4 Å². The molecule has 1 amide bonds. The van der Waals surface area contributed by atoms with Crippen molar-refractivity contribution in [3.05, 3.63) is 35.9 Å². The zero-order valence-electron chi connectivity index (χ0n) is 10.1. The van der Waals surface area contributed by atoms with Crippen LogP contribution in [-0.4, -0.2) is 29.5 Å². The molecule has 1 atom stereocenters. The van der Waals surface area contributed by atoms with Gasteiger partial charge in [0, 0.05) is 0 Å². The fourth-order valence-electron chi connectivity index (χ4n) is 1.60. The van der Waals surface area contributed by atoms with E-state index in [-0.39, 0.29) is 11.1 Å². The van der Waals surface area contributed by atoms with Crippen molar-refractivity contribution in [3.8, 4) is 0 Å². The molecule has 1 rings (SSSR count). The number of ketones is 1. The standard InChI is InChI=1S/C13H14BrF2NO2/c14-8-11(18)10(17-13(19)12(15)16)7-6-9-4-2-1-3-5-9/h1-5,10,12H,6-8H2,(H,17,19). The van der Waals surface area contributed by atoms with E-state index >= 15 is 0 Å². The van der Waals surface area contributed by atoms with Gasteiger partial charge in [-0.1, -0.05) is 46.3 Å². The van der Waals surface area contributed by atoms with Crippen LogP contribution in [0.1, 0.15) is 12.0 Å². The van der Waals surface area contributed by atoms with Crippen LogP contribution in [0.2, 0.25) is 0 Å². The second kappa shape index (κ2) is 7.99. The van der Waals surface area contributed by atoms with Crippen LogP contribution < -0.4 is 5.32 Å². The molecule has 0 aliphatic carbocycles. The SMILES string of the molecule is O=C(NC(CCc1ccccc1)C(=O)CBr)C(F)F. The number of hydrogen-bond acceptors (Lipinski definition) is 2. The van der Waals surface area contributed by atoms with E-state index in [1.807, 2.05) is 30.3 Å². The molecule has 0 spiro atoms. The zero-order chi connectivity index (χ0) is 14.3. The second-order valence-corrected chi connectivity index (χ2v) is 4.55. The fraction of sp³-hybridized carbons (Fsp3) is 0.385. The number of benzene rings is 1. The molecule has 0 bridgehead atoms. The average Bonchev–Trinajstić information content (AvgIpc) is 2.43. The van der Waals surface area contributed by atoms with E-state index in [2.05, 4.69) is 21.2 Å². The quantitative estimate of drug-likeness (QED) is 0.778. The summed E-state index contributed by atoms with van der Waals surface area (Å²) in [5, 5.41) is 2.09. The summed E-state index contributed by atoms with van der Waals surface area (Å²) >= 11 is 2.98. The number of carbonyl (C=O) groups is 2. The lowest BCUT2D eigenvalue weighted by Crippen LogP contribution is -2.44. The van der Waals surface area contributed by atoms with E-state index < -0.39 is 18.4 Å². The number of amides is 1. The Bertz CT molecular complexity index is 426. The van der Waals surface area contributed by atoms with E-state index in [1.165, 1.54) is 0 Å². The Kier molecular flexibility index (Phi) is 6.62. The van der Waals surface area contributed by atoms with Crippen LogP contribution in [0.4, 0.5) is 8.78 Å². The van der Waals surface area contributed by atoms with Gasteiger partial charge in [-0.25, -0.2) is 0 Å². The Morgan fingerprint density at radius 2 is 1.84 bits per heavy atom. The number of carbonyl (C=O) groups excluding carboxylic acids is 2. The molecule has 0 aromatic heterocycles. The van der Waals surface area contributed by atoms with Gasteiger partial charge in [0.25, 0.3) is 5.91 Å². The fourth-order valence-corrected chi connectivity index (χ4v) is 1.99. The highest BCUT2D eigenvalue weighted by molar-refractivity contribution is 9.09. The molecule has 0 radical (unpaired) electrons. The van der Waals surface area contributed by atoms with E-state index in [0.29, 0.717) is 12.8 Å². The molecule has 1 N–H and O–H groups in total. The van der Waals surface area contributed by atoms with Crippen molar-refractivity contribution in [1.29, 1.82) is 0 Å². The van der Waals surface area contributed by atoms with Crippen molar-refractivity contribution < 1.29 is 18.4 Å². The first-order valence-corrected chi connectivity index (χ1v) is 6.88. The average molecular weight is 334 g/mol. The number of aryl methyl sites for hydroxylation is 1. The third kappa shape index (κ3) is 5.46. The number of rotatable bonds is 7. The highest BCUT2D eigenvalue weighted by Crippen LogP contribution is 2.07. The molecule has 0 saturated heterocycles. The highest BCUT2D eigenvalue weighted by Gasteiger charge is 2.23. The first kappa shape index (κ1) is 15.8. The molecular weight excluding hydrogens is 320 g/mol. The molecule has 0 heterocycles. The number of Topliss-reactive ketones (excluding diaryl/α,β-unsaturated/α-hetero) is 1. The van der Waals surface area contributed by atoms with E-state index in [4.69, 9.17) is 0 Å². The molecule has 1 unspecified atom stereocenters. The van der Waals surface area contributed by atoms with Crippen molar-refractivity contribution >= 4 is 27.6 Å². The van der Waals surface area contributed by atoms with Gasteiger partial charge in [-0.2, -0.15) is 8.78 Å². The summed E-state index contributed by atoms with van der Waals surface area (Å²) in [5.41, 5.74) is 0.987. The maximum atomic E-state index is 12.2. The molecule has 1 aromatic rings. The minimum Gasteiger partial charge on any atom is -0.341 e. The van der Waals surface area contributed by atoms with Gasteiger partial charge >= 0.3 is 6.43 Å². The minimum absolute atomic E-state index is 0.0238. The first-order valence-electron chi connectivity index (χ1n) is 5.75. The lowest BCUT2D eigenvalue weighted by molar-refractivity contribution is -0.134. The normalized spacial score (nSPS) is 12.2. The summed E-state index contributed by atoms with van der Waals surface area (Å²) in [7, 11) is 0. The summed E-state index contributed by atoms with van der Waals surface area (Å²) in [6.07, 6.45) is -2.27.